The molecule has 24 heavy (non-hydrogen) atoms. The van der Waals surface area contributed by atoms with Gasteiger partial charge in [0.05, 0.1) is 24.8 Å². The maximum atomic E-state index is 12.0. The molecule has 1 aromatic carbocycles. The molecule has 0 spiro atoms. The van der Waals surface area contributed by atoms with Gasteiger partial charge in [0.2, 0.25) is 5.91 Å². The number of nitrogens with zero attached hydrogens (tertiary/aromatic N) is 2. The molecule has 1 heterocycles. The van der Waals surface area contributed by atoms with E-state index in [9.17, 15) is 9.59 Å². The summed E-state index contributed by atoms with van der Waals surface area (Å²) in [5.74, 6) is 0.245. The highest BCUT2D eigenvalue weighted by Crippen LogP contribution is 2.13. The molecule has 128 valence electrons. The average Bonchev–Trinajstić information content (AvgIpc) is 2.62. The van der Waals surface area contributed by atoms with Crippen LogP contribution in [0, 0.1) is 11.3 Å². The minimum Gasteiger partial charge on any atom is -0.481 e. The van der Waals surface area contributed by atoms with E-state index < -0.39 is 6.10 Å². The lowest BCUT2D eigenvalue weighted by atomic mass is 10.2. The van der Waals surface area contributed by atoms with Gasteiger partial charge in [-0.1, -0.05) is 0 Å². The number of carbonyl (C=O) groups excluding carboxylic acids is 2. The first-order valence-electron chi connectivity index (χ1n) is 7.90. The monoisotopic (exact) mass is 331 g/mol. The van der Waals surface area contributed by atoms with Crippen molar-refractivity contribution < 1.29 is 19.1 Å². The number of nitriles is 1. The summed E-state index contributed by atoms with van der Waals surface area (Å²) >= 11 is 0. The van der Waals surface area contributed by atoms with E-state index in [0.29, 0.717) is 37.6 Å². The number of hydrogen-bond donors (Lipinski definition) is 1. The predicted molar refractivity (Wildman–Crippen MR) is 86.3 cm³/mol. The van der Waals surface area contributed by atoms with Crippen LogP contribution in [0.15, 0.2) is 24.3 Å². The summed E-state index contributed by atoms with van der Waals surface area (Å²) in [6.45, 7) is 4.24. The lowest BCUT2D eigenvalue weighted by molar-refractivity contribution is -0.135. The Kier molecular flexibility index (Phi) is 6.58. The molecular formula is C17H21N3O4. The topological polar surface area (TPSA) is 91.7 Å². The zero-order chi connectivity index (χ0) is 17.4. The lowest BCUT2D eigenvalue weighted by Crippen LogP contribution is -2.43. The zero-order valence-corrected chi connectivity index (χ0v) is 13.7. The van der Waals surface area contributed by atoms with Gasteiger partial charge in [0.25, 0.3) is 5.91 Å². The van der Waals surface area contributed by atoms with E-state index in [2.05, 4.69) is 5.32 Å². The number of morpholine rings is 1. The van der Waals surface area contributed by atoms with Crippen LogP contribution in [-0.2, 0) is 14.3 Å². The van der Waals surface area contributed by atoms with E-state index in [0.717, 1.165) is 0 Å². The number of rotatable bonds is 6. The van der Waals surface area contributed by atoms with Gasteiger partial charge in [-0.15, -0.1) is 0 Å². The third kappa shape index (κ3) is 5.25. The molecule has 0 aliphatic carbocycles. The molecule has 2 rings (SSSR count). The minimum atomic E-state index is -0.684. The number of hydrogen-bond acceptors (Lipinski definition) is 5. The first-order chi connectivity index (χ1) is 11.6. The summed E-state index contributed by atoms with van der Waals surface area (Å²) in [6.07, 6.45) is -0.425. The van der Waals surface area contributed by atoms with E-state index >= 15 is 0 Å². The molecule has 1 aromatic rings. The van der Waals surface area contributed by atoms with Crippen molar-refractivity contribution in [3.05, 3.63) is 29.8 Å². The van der Waals surface area contributed by atoms with Crippen molar-refractivity contribution in [3.8, 4) is 11.8 Å². The minimum absolute atomic E-state index is 0.0132. The second-order valence-electron chi connectivity index (χ2n) is 5.43. The third-order valence-electron chi connectivity index (χ3n) is 3.67. The van der Waals surface area contributed by atoms with Crippen LogP contribution >= 0.6 is 0 Å². The van der Waals surface area contributed by atoms with Gasteiger partial charge in [-0.3, -0.25) is 9.59 Å². The molecule has 1 unspecified atom stereocenters. The van der Waals surface area contributed by atoms with Gasteiger partial charge in [-0.05, 0) is 31.2 Å². The first kappa shape index (κ1) is 17.8. The van der Waals surface area contributed by atoms with Crippen molar-refractivity contribution in [3.63, 3.8) is 0 Å². The zero-order valence-electron chi connectivity index (χ0n) is 13.7. The maximum Gasteiger partial charge on any atom is 0.260 e. The quantitative estimate of drug-likeness (QED) is 0.828. The van der Waals surface area contributed by atoms with Gasteiger partial charge in [0.1, 0.15) is 5.75 Å². The molecule has 1 aliphatic heterocycles. The van der Waals surface area contributed by atoms with Crippen LogP contribution in [0.4, 0.5) is 0 Å². The average molecular weight is 331 g/mol. The molecular weight excluding hydrogens is 310 g/mol. The van der Waals surface area contributed by atoms with Gasteiger partial charge in [0, 0.05) is 26.1 Å². The van der Waals surface area contributed by atoms with Crippen LogP contribution in [-0.4, -0.2) is 55.7 Å². The SMILES string of the molecule is CC(Oc1ccc(C#N)cc1)C(=O)NCCC(=O)N1CCOCC1. The number of nitrogens with one attached hydrogen (secondary N) is 1. The van der Waals surface area contributed by atoms with Gasteiger partial charge in [0.15, 0.2) is 6.10 Å². The molecule has 0 bridgehead atoms. The summed E-state index contributed by atoms with van der Waals surface area (Å²) in [4.78, 5) is 25.7. The summed E-state index contributed by atoms with van der Waals surface area (Å²) < 4.78 is 10.7. The van der Waals surface area contributed by atoms with Crippen LogP contribution in [0.1, 0.15) is 18.9 Å². The molecule has 1 aliphatic rings. The lowest BCUT2D eigenvalue weighted by Gasteiger charge is -2.27. The Hall–Kier alpha value is -2.59. The molecule has 7 heteroatoms. The Morgan fingerprint density at radius 2 is 2.00 bits per heavy atom. The van der Waals surface area contributed by atoms with Crippen molar-refractivity contribution in [1.29, 1.82) is 5.26 Å². The largest absolute Gasteiger partial charge is 0.481 e. The predicted octanol–water partition coefficient (Wildman–Crippen LogP) is 0.691. The number of amides is 2. The summed E-state index contributed by atoms with van der Waals surface area (Å²) in [5.41, 5.74) is 0.529. The fraction of sp³-hybridized carbons (Fsp3) is 0.471. The Labute approximate surface area is 141 Å². The molecule has 0 aromatic heterocycles. The highest BCUT2D eigenvalue weighted by Gasteiger charge is 2.18. The highest BCUT2D eigenvalue weighted by molar-refractivity contribution is 5.82. The highest BCUT2D eigenvalue weighted by atomic mass is 16.5. The third-order valence-corrected chi connectivity index (χ3v) is 3.67. The Morgan fingerprint density at radius 3 is 2.62 bits per heavy atom. The smallest absolute Gasteiger partial charge is 0.260 e. The van der Waals surface area contributed by atoms with Crippen LogP contribution < -0.4 is 10.1 Å². The number of benzene rings is 1. The summed E-state index contributed by atoms with van der Waals surface area (Å²) in [7, 11) is 0. The molecule has 1 N–H and O–H groups in total. The van der Waals surface area contributed by atoms with E-state index in [4.69, 9.17) is 14.7 Å². The van der Waals surface area contributed by atoms with Crippen molar-refractivity contribution in [2.75, 3.05) is 32.8 Å². The van der Waals surface area contributed by atoms with Crippen molar-refractivity contribution >= 4 is 11.8 Å². The molecule has 2 amide bonds. The molecule has 1 atom stereocenters. The normalized spacial score (nSPS) is 15.2. The van der Waals surface area contributed by atoms with E-state index in [1.807, 2.05) is 6.07 Å². The fourth-order valence-electron chi connectivity index (χ4n) is 2.27. The molecule has 0 radical (unpaired) electrons. The van der Waals surface area contributed by atoms with Crippen LogP contribution in [0.25, 0.3) is 0 Å². The van der Waals surface area contributed by atoms with Crippen LogP contribution in [0.2, 0.25) is 0 Å². The van der Waals surface area contributed by atoms with Crippen molar-refractivity contribution in [1.82, 2.24) is 10.2 Å². The Bertz CT molecular complexity index is 603. The van der Waals surface area contributed by atoms with Gasteiger partial charge < -0.3 is 19.7 Å². The molecule has 7 nitrogen and oxygen atoms in total. The van der Waals surface area contributed by atoms with E-state index in [-0.39, 0.29) is 24.8 Å². The Balaban J connectivity index is 1.71. The number of carbonyl (C=O) groups is 2. The van der Waals surface area contributed by atoms with E-state index in [1.54, 1.807) is 36.1 Å². The Morgan fingerprint density at radius 1 is 1.33 bits per heavy atom. The number of ether oxygens (including phenoxy) is 2. The molecule has 1 saturated heterocycles. The fourth-order valence-corrected chi connectivity index (χ4v) is 2.27. The molecule has 1 fully saturated rings. The second kappa shape index (κ2) is 8.89. The maximum absolute atomic E-state index is 12.0. The van der Waals surface area contributed by atoms with Gasteiger partial charge >= 0.3 is 0 Å². The molecule has 0 saturated carbocycles. The van der Waals surface area contributed by atoms with Crippen LogP contribution in [0.3, 0.4) is 0 Å². The second-order valence-corrected chi connectivity index (χ2v) is 5.43. The van der Waals surface area contributed by atoms with Crippen molar-refractivity contribution in [2.45, 2.75) is 19.4 Å². The van der Waals surface area contributed by atoms with Crippen molar-refractivity contribution in [2.24, 2.45) is 0 Å². The van der Waals surface area contributed by atoms with E-state index in [1.165, 1.54) is 0 Å². The van der Waals surface area contributed by atoms with Gasteiger partial charge in [-0.25, -0.2) is 0 Å². The summed E-state index contributed by atoms with van der Waals surface area (Å²) in [6, 6.07) is 8.56. The van der Waals surface area contributed by atoms with Crippen LogP contribution in [0.5, 0.6) is 5.75 Å². The van der Waals surface area contributed by atoms with Gasteiger partial charge in [-0.2, -0.15) is 5.26 Å². The standard InChI is InChI=1S/C17H21N3O4/c1-13(24-15-4-2-14(12-18)3-5-15)17(22)19-7-6-16(21)20-8-10-23-11-9-20/h2-5,13H,6-11H2,1H3,(H,19,22). The summed E-state index contributed by atoms with van der Waals surface area (Å²) in [5, 5.41) is 11.4. The first-order valence-corrected chi connectivity index (χ1v) is 7.90.